The Balaban J connectivity index is 4.08. The molecule has 0 spiro atoms. The summed E-state index contributed by atoms with van der Waals surface area (Å²) in [7, 11) is 3.87. The molecule has 0 aliphatic heterocycles. The van der Waals surface area contributed by atoms with Crippen LogP contribution in [0.1, 0.15) is 27.7 Å². The highest BCUT2D eigenvalue weighted by molar-refractivity contribution is 5.81. The Morgan fingerprint density at radius 3 is 2.33 bits per heavy atom. The maximum absolute atomic E-state index is 11.8. The molecule has 4 nitrogen and oxygen atoms in total. The number of carbonyl (C=O) groups excluding carboxylic acids is 1. The first kappa shape index (κ1) is 14.4. The third-order valence-corrected chi connectivity index (χ3v) is 2.25. The van der Waals surface area contributed by atoms with E-state index in [0.29, 0.717) is 0 Å². The van der Waals surface area contributed by atoms with Crippen molar-refractivity contribution in [3.8, 4) is 0 Å². The van der Waals surface area contributed by atoms with Crippen LogP contribution in [0.2, 0.25) is 0 Å². The lowest BCUT2D eigenvalue weighted by molar-refractivity contribution is -0.126. The highest BCUT2D eigenvalue weighted by atomic mass is 16.2. The zero-order valence-corrected chi connectivity index (χ0v) is 10.8. The molecule has 0 radical (unpaired) electrons. The molecule has 0 bridgehead atoms. The van der Waals surface area contributed by atoms with Crippen molar-refractivity contribution in [3.63, 3.8) is 0 Å². The second-order valence-corrected chi connectivity index (χ2v) is 5.00. The lowest BCUT2D eigenvalue weighted by atomic mass is 10.1. The molecule has 0 saturated carbocycles. The maximum atomic E-state index is 11.8. The molecule has 1 amide bonds. The first-order valence-electron chi connectivity index (χ1n) is 5.45. The molecule has 15 heavy (non-hydrogen) atoms. The van der Waals surface area contributed by atoms with Gasteiger partial charge in [-0.25, -0.2) is 0 Å². The Morgan fingerprint density at radius 1 is 1.40 bits per heavy atom. The van der Waals surface area contributed by atoms with Gasteiger partial charge in [0.25, 0.3) is 0 Å². The monoisotopic (exact) mass is 215 g/mol. The molecule has 1 atom stereocenters. The number of likely N-dealkylation sites (N-methyl/N-ethyl adjacent to an activating group) is 2. The van der Waals surface area contributed by atoms with Crippen molar-refractivity contribution in [2.45, 2.75) is 39.3 Å². The summed E-state index contributed by atoms with van der Waals surface area (Å²) in [5.74, 6) is 0.0844. The zero-order valence-electron chi connectivity index (χ0n) is 10.8. The SMILES string of the molecule is CNCCN(C)C(C)C(=O)NC(C)(C)C. The molecule has 1 unspecified atom stereocenters. The minimum absolute atomic E-state index is 0.0844. The predicted molar refractivity (Wildman–Crippen MR) is 63.9 cm³/mol. The molecule has 2 N–H and O–H groups in total. The zero-order chi connectivity index (χ0) is 12.1. The number of hydrogen-bond donors (Lipinski definition) is 2. The van der Waals surface area contributed by atoms with E-state index in [1.165, 1.54) is 0 Å². The molecule has 0 aromatic heterocycles. The molecular weight excluding hydrogens is 190 g/mol. The average Bonchev–Trinajstić information content (AvgIpc) is 2.10. The second kappa shape index (κ2) is 6.08. The second-order valence-electron chi connectivity index (χ2n) is 5.00. The minimum atomic E-state index is -0.158. The molecular formula is C11H25N3O. The van der Waals surface area contributed by atoms with Crippen molar-refractivity contribution in [1.29, 1.82) is 0 Å². The minimum Gasteiger partial charge on any atom is -0.350 e. The Labute approximate surface area is 93.4 Å². The number of nitrogens with zero attached hydrogens (tertiary/aromatic N) is 1. The van der Waals surface area contributed by atoms with Crippen LogP contribution < -0.4 is 10.6 Å². The van der Waals surface area contributed by atoms with Gasteiger partial charge in [0.05, 0.1) is 6.04 Å². The van der Waals surface area contributed by atoms with E-state index in [1.807, 2.05) is 46.7 Å². The van der Waals surface area contributed by atoms with Crippen molar-refractivity contribution in [3.05, 3.63) is 0 Å². The number of amides is 1. The summed E-state index contributed by atoms with van der Waals surface area (Å²) in [6.07, 6.45) is 0. The Bertz CT molecular complexity index is 198. The van der Waals surface area contributed by atoms with Crippen LogP contribution in [0, 0.1) is 0 Å². The number of nitrogens with one attached hydrogen (secondary N) is 2. The van der Waals surface area contributed by atoms with Crippen molar-refractivity contribution >= 4 is 5.91 Å². The van der Waals surface area contributed by atoms with Gasteiger partial charge in [-0.05, 0) is 41.8 Å². The van der Waals surface area contributed by atoms with Gasteiger partial charge in [0.15, 0.2) is 0 Å². The normalized spacial score (nSPS) is 14.1. The average molecular weight is 215 g/mol. The van der Waals surface area contributed by atoms with E-state index in [-0.39, 0.29) is 17.5 Å². The van der Waals surface area contributed by atoms with Crippen molar-refractivity contribution < 1.29 is 4.79 Å². The van der Waals surface area contributed by atoms with Crippen LogP contribution in [0.25, 0.3) is 0 Å². The molecule has 0 aromatic rings. The highest BCUT2D eigenvalue weighted by Crippen LogP contribution is 2.02. The van der Waals surface area contributed by atoms with E-state index in [0.717, 1.165) is 13.1 Å². The Morgan fingerprint density at radius 2 is 1.93 bits per heavy atom. The van der Waals surface area contributed by atoms with Crippen LogP contribution in [0.3, 0.4) is 0 Å². The van der Waals surface area contributed by atoms with Gasteiger partial charge in [0.2, 0.25) is 5.91 Å². The summed E-state index contributed by atoms with van der Waals surface area (Å²) in [5.41, 5.74) is -0.158. The molecule has 0 rings (SSSR count). The van der Waals surface area contributed by atoms with E-state index in [4.69, 9.17) is 0 Å². The molecule has 0 saturated heterocycles. The van der Waals surface area contributed by atoms with E-state index in [9.17, 15) is 4.79 Å². The van der Waals surface area contributed by atoms with E-state index >= 15 is 0 Å². The van der Waals surface area contributed by atoms with Gasteiger partial charge in [-0.2, -0.15) is 0 Å². The summed E-state index contributed by atoms with van der Waals surface area (Å²) >= 11 is 0. The van der Waals surface area contributed by atoms with Crippen LogP contribution in [0.5, 0.6) is 0 Å². The Kier molecular flexibility index (Phi) is 5.83. The van der Waals surface area contributed by atoms with Crippen molar-refractivity contribution in [2.24, 2.45) is 0 Å². The van der Waals surface area contributed by atoms with E-state index < -0.39 is 0 Å². The lowest BCUT2D eigenvalue weighted by Gasteiger charge is -2.28. The summed E-state index contributed by atoms with van der Waals surface area (Å²) < 4.78 is 0. The van der Waals surface area contributed by atoms with Crippen molar-refractivity contribution in [1.82, 2.24) is 15.5 Å². The van der Waals surface area contributed by atoms with Crippen LogP contribution >= 0.6 is 0 Å². The van der Waals surface area contributed by atoms with Gasteiger partial charge in [-0.15, -0.1) is 0 Å². The molecule has 0 fully saturated rings. The molecule has 0 aliphatic carbocycles. The predicted octanol–water partition coefficient (Wildman–Crippen LogP) is 0.441. The molecule has 0 aromatic carbocycles. The molecule has 0 aliphatic rings. The third kappa shape index (κ3) is 6.47. The van der Waals surface area contributed by atoms with E-state index in [2.05, 4.69) is 10.6 Å². The fraction of sp³-hybridized carbons (Fsp3) is 0.909. The largest absolute Gasteiger partial charge is 0.350 e. The summed E-state index contributed by atoms with van der Waals surface area (Å²) in [6.45, 7) is 9.66. The topological polar surface area (TPSA) is 44.4 Å². The number of rotatable bonds is 5. The van der Waals surface area contributed by atoms with Gasteiger partial charge in [0, 0.05) is 18.6 Å². The summed E-state index contributed by atoms with van der Waals surface area (Å²) in [5, 5.41) is 6.04. The molecule has 90 valence electrons. The highest BCUT2D eigenvalue weighted by Gasteiger charge is 2.21. The van der Waals surface area contributed by atoms with Crippen LogP contribution in [0.15, 0.2) is 0 Å². The van der Waals surface area contributed by atoms with Crippen molar-refractivity contribution in [2.75, 3.05) is 27.2 Å². The van der Waals surface area contributed by atoms with E-state index in [1.54, 1.807) is 0 Å². The first-order chi connectivity index (χ1) is 6.78. The van der Waals surface area contributed by atoms with Gasteiger partial charge in [-0.1, -0.05) is 0 Å². The standard InChI is InChI=1S/C11H25N3O/c1-9(14(6)8-7-12-5)10(15)13-11(2,3)4/h9,12H,7-8H2,1-6H3,(H,13,15). The molecule has 0 heterocycles. The quantitative estimate of drug-likeness (QED) is 0.699. The van der Waals surface area contributed by atoms with Gasteiger partial charge in [-0.3, -0.25) is 9.69 Å². The number of carbonyl (C=O) groups is 1. The van der Waals surface area contributed by atoms with Crippen LogP contribution in [0.4, 0.5) is 0 Å². The Hall–Kier alpha value is -0.610. The van der Waals surface area contributed by atoms with Crippen LogP contribution in [-0.2, 0) is 4.79 Å². The fourth-order valence-electron chi connectivity index (χ4n) is 1.16. The van der Waals surface area contributed by atoms with Gasteiger partial charge in [0.1, 0.15) is 0 Å². The summed E-state index contributed by atoms with van der Waals surface area (Å²) in [4.78, 5) is 13.8. The fourth-order valence-corrected chi connectivity index (χ4v) is 1.16. The maximum Gasteiger partial charge on any atom is 0.237 e. The molecule has 4 heteroatoms. The lowest BCUT2D eigenvalue weighted by Crippen LogP contribution is -2.50. The smallest absolute Gasteiger partial charge is 0.237 e. The number of hydrogen-bond acceptors (Lipinski definition) is 3. The summed E-state index contributed by atoms with van der Waals surface area (Å²) in [6, 6.07) is -0.0856. The van der Waals surface area contributed by atoms with Gasteiger partial charge >= 0.3 is 0 Å². The third-order valence-electron chi connectivity index (χ3n) is 2.25. The van der Waals surface area contributed by atoms with Crippen LogP contribution in [-0.4, -0.2) is 49.6 Å². The first-order valence-corrected chi connectivity index (χ1v) is 5.45. The van der Waals surface area contributed by atoms with Gasteiger partial charge < -0.3 is 10.6 Å².